The van der Waals surface area contributed by atoms with Gasteiger partial charge in [0.05, 0.1) is 6.54 Å². The van der Waals surface area contributed by atoms with Crippen LogP contribution in [-0.4, -0.2) is 63.9 Å². The normalized spacial score (nSPS) is 18.4. The van der Waals surface area contributed by atoms with Crippen molar-refractivity contribution in [2.45, 2.75) is 13.5 Å². The van der Waals surface area contributed by atoms with Crippen LogP contribution in [0.1, 0.15) is 11.4 Å². The Morgan fingerprint density at radius 3 is 2.47 bits per heavy atom. The van der Waals surface area contributed by atoms with Crippen LogP contribution in [0.25, 0.3) is 0 Å². The van der Waals surface area contributed by atoms with E-state index in [1.165, 1.54) is 0 Å². The lowest BCUT2D eigenvalue weighted by atomic mass is 10.2. The lowest BCUT2D eigenvalue weighted by Gasteiger charge is -2.33. The van der Waals surface area contributed by atoms with E-state index in [0.29, 0.717) is 0 Å². The van der Waals surface area contributed by atoms with Gasteiger partial charge >= 0.3 is 5.97 Å². The van der Waals surface area contributed by atoms with Crippen molar-refractivity contribution in [2.75, 3.05) is 32.7 Å². The summed E-state index contributed by atoms with van der Waals surface area (Å²) in [4.78, 5) is 14.7. The van der Waals surface area contributed by atoms with Gasteiger partial charge in [-0.2, -0.15) is 0 Å². The molecule has 7 heteroatoms. The smallest absolute Gasteiger partial charge is 0.317 e. The zero-order chi connectivity index (χ0) is 12.3. The summed E-state index contributed by atoms with van der Waals surface area (Å²) in [7, 11) is 0. The molecule has 1 N–H and O–H groups in total. The number of carboxylic acid groups (broad SMARTS) is 1. The van der Waals surface area contributed by atoms with E-state index in [1.54, 1.807) is 0 Å². The van der Waals surface area contributed by atoms with Gasteiger partial charge in [-0.1, -0.05) is 10.3 Å². The van der Waals surface area contributed by atoms with Gasteiger partial charge in [-0.15, -0.1) is 0 Å². The maximum absolute atomic E-state index is 10.6. The Labute approximate surface area is 99.0 Å². The van der Waals surface area contributed by atoms with Gasteiger partial charge in [-0.3, -0.25) is 14.6 Å². The first kappa shape index (κ1) is 12.0. The number of carboxylic acids is 1. The van der Waals surface area contributed by atoms with Gasteiger partial charge in [0.2, 0.25) is 0 Å². The second-order valence-electron chi connectivity index (χ2n) is 4.24. The van der Waals surface area contributed by atoms with Crippen LogP contribution in [0.4, 0.5) is 0 Å². The topological polar surface area (TPSA) is 82.7 Å². The zero-order valence-electron chi connectivity index (χ0n) is 9.80. The number of aryl methyl sites for hydroxylation is 1. The molecular weight excluding hydrogens is 224 g/mol. The molecule has 0 atom stereocenters. The fraction of sp³-hybridized carbons (Fsp3) is 0.700. The molecule has 7 nitrogen and oxygen atoms in total. The van der Waals surface area contributed by atoms with E-state index in [2.05, 4.69) is 19.8 Å². The minimum Gasteiger partial charge on any atom is -0.480 e. The number of rotatable bonds is 4. The number of carbonyl (C=O) groups is 1. The molecule has 0 unspecified atom stereocenters. The lowest BCUT2D eigenvalue weighted by molar-refractivity contribution is -0.138. The van der Waals surface area contributed by atoms with E-state index < -0.39 is 5.97 Å². The minimum absolute atomic E-state index is 0.123. The highest BCUT2D eigenvalue weighted by Crippen LogP contribution is 2.08. The van der Waals surface area contributed by atoms with Crippen molar-refractivity contribution >= 4 is 5.97 Å². The van der Waals surface area contributed by atoms with E-state index in [9.17, 15) is 4.79 Å². The number of piperazine rings is 1. The van der Waals surface area contributed by atoms with Gasteiger partial charge in [0.25, 0.3) is 0 Å². The maximum Gasteiger partial charge on any atom is 0.317 e. The van der Waals surface area contributed by atoms with Crippen molar-refractivity contribution in [1.29, 1.82) is 0 Å². The summed E-state index contributed by atoms with van der Waals surface area (Å²) in [6.07, 6.45) is 0. The Bertz CT molecular complexity index is 385. The molecule has 1 aliphatic rings. The predicted molar refractivity (Wildman–Crippen MR) is 58.4 cm³/mol. The molecule has 0 radical (unpaired) electrons. The molecule has 0 spiro atoms. The van der Waals surface area contributed by atoms with Crippen LogP contribution in [0, 0.1) is 6.92 Å². The molecule has 17 heavy (non-hydrogen) atoms. The highest BCUT2D eigenvalue weighted by molar-refractivity contribution is 5.69. The third kappa shape index (κ3) is 3.24. The summed E-state index contributed by atoms with van der Waals surface area (Å²) >= 11 is 0. The standard InChI is InChI=1S/C10H16N4O3/c1-8-9(12-17-11-8)6-13-2-4-14(5-3-13)7-10(15)16/h2-7H2,1H3,(H,15,16). The molecule has 2 heterocycles. The van der Waals surface area contributed by atoms with Gasteiger partial charge in [0, 0.05) is 32.7 Å². The fourth-order valence-corrected chi connectivity index (χ4v) is 1.90. The Morgan fingerprint density at radius 2 is 1.94 bits per heavy atom. The SMILES string of the molecule is Cc1nonc1CN1CCN(CC(=O)O)CC1. The highest BCUT2D eigenvalue weighted by atomic mass is 16.6. The average molecular weight is 240 g/mol. The Kier molecular flexibility index (Phi) is 3.70. The minimum atomic E-state index is -0.769. The van der Waals surface area contributed by atoms with E-state index >= 15 is 0 Å². The van der Waals surface area contributed by atoms with E-state index in [-0.39, 0.29) is 6.54 Å². The number of aromatic nitrogens is 2. The third-order valence-corrected chi connectivity index (χ3v) is 2.94. The second-order valence-corrected chi connectivity index (χ2v) is 4.24. The summed E-state index contributed by atoms with van der Waals surface area (Å²) in [6, 6.07) is 0. The first-order chi connectivity index (χ1) is 8.15. The first-order valence-corrected chi connectivity index (χ1v) is 5.59. The van der Waals surface area contributed by atoms with Crippen molar-refractivity contribution in [3.8, 4) is 0 Å². The van der Waals surface area contributed by atoms with Gasteiger partial charge in [-0.25, -0.2) is 4.63 Å². The summed E-state index contributed by atoms with van der Waals surface area (Å²) < 4.78 is 4.65. The van der Waals surface area contributed by atoms with Gasteiger partial charge in [0.1, 0.15) is 11.4 Å². The molecule has 2 rings (SSSR count). The fourth-order valence-electron chi connectivity index (χ4n) is 1.90. The Balaban J connectivity index is 1.79. The first-order valence-electron chi connectivity index (χ1n) is 5.59. The van der Waals surface area contributed by atoms with Gasteiger partial charge < -0.3 is 5.11 Å². The maximum atomic E-state index is 10.6. The molecule has 0 aliphatic carbocycles. The quantitative estimate of drug-likeness (QED) is 0.765. The van der Waals surface area contributed by atoms with Crippen molar-refractivity contribution in [3.05, 3.63) is 11.4 Å². The molecule has 94 valence electrons. The number of nitrogens with zero attached hydrogens (tertiary/aromatic N) is 4. The van der Waals surface area contributed by atoms with E-state index in [4.69, 9.17) is 5.11 Å². The van der Waals surface area contributed by atoms with Crippen LogP contribution >= 0.6 is 0 Å². The van der Waals surface area contributed by atoms with E-state index in [0.717, 1.165) is 44.1 Å². The van der Waals surface area contributed by atoms with Crippen LogP contribution in [0.5, 0.6) is 0 Å². The van der Waals surface area contributed by atoms with E-state index in [1.807, 2.05) is 11.8 Å². The molecule has 1 aliphatic heterocycles. The van der Waals surface area contributed by atoms with Crippen molar-refractivity contribution in [1.82, 2.24) is 20.1 Å². The molecule has 1 fully saturated rings. The van der Waals surface area contributed by atoms with Crippen LogP contribution < -0.4 is 0 Å². The summed E-state index contributed by atoms with van der Waals surface area (Å²) in [5.74, 6) is -0.769. The van der Waals surface area contributed by atoms with Crippen LogP contribution in [0.3, 0.4) is 0 Å². The molecular formula is C10H16N4O3. The monoisotopic (exact) mass is 240 g/mol. The van der Waals surface area contributed by atoms with Gasteiger partial charge in [0.15, 0.2) is 0 Å². The summed E-state index contributed by atoms with van der Waals surface area (Å²) in [5.41, 5.74) is 1.68. The molecule has 0 aromatic carbocycles. The zero-order valence-corrected chi connectivity index (χ0v) is 9.80. The van der Waals surface area contributed by atoms with Crippen molar-refractivity contribution in [2.24, 2.45) is 0 Å². The van der Waals surface area contributed by atoms with Crippen LogP contribution in [-0.2, 0) is 11.3 Å². The highest BCUT2D eigenvalue weighted by Gasteiger charge is 2.20. The second kappa shape index (κ2) is 5.24. The molecule has 1 aromatic rings. The average Bonchev–Trinajstić information content (AvgIpc) is 2.67. The number of hydrogen-bond donors (Lipinski definition) is 1. The third-order valence-electron chi connectivity index (χ3n) is 2.94. The van der Waals surface area contributed by atoms with Gasteiger partial charge in [-0.05, 0) is 6.92 Å². The summed E-state index contributed by atoms with van der Waals surface area (Å²) in [5, 5.41) is 16.3. The Hall–Kier alpha value is -1.47. The largest absolute Gasteiger partial charge is 0.480 e. The predicted octanol–water partition coefficient (Wildman–Crippen LogP) is -0.420. The lowest BCUT2D eigenvalue weighted by Crippen LogP contribution is -2.47. The molecule has 1 saturated heterocycles. The van der Waals surface area contributed by atoms with Crippen LogP contribution in [0.2, 0.25) is 0 Å². The number of aliphatic carboxylic acids is 1. The van der Waals surface area contributed by atoms with Crippen molar-refractivity contribution in [3.63, 3.8) is 0 Å². The molecule has 0 bridgehead atoms. The number of hydrogen-bond acceptors (Lipinski definition) is 6. The molecule has 1 aromatic heterocycles. The van der Waals surface area contributed by atoms with Crippen molar-refractivity contribution < 1.29 is 14.5 Å². The van der Waals surface area contributed by atoms with Crippen LogP contribution in [0.15, 0.2) is 4.63 Å². The Morgan fingerprint density at radius 1 is 1.29 bits per heavy atom. The summed E-state index contributed by atoms with van der Waals surface area (Å²) in [6.45, 7) is 5.95. The molecule has 0 amide bonds. The molecule has 0 saturated carbocycles.